The third-order valence-corrected chi connectivity index (χ3v) is 4.96. The van der Waals surface area contributed by atoms with Crippen molar-refractivity contribution in [2.75, 3.05) is 6.54 Å². The van der Waals surface area contributed by atoms with Gasteiger partial charge in [0, 0.05) is 35.7 Å². The lowest BCUT2D eigenvalue weighted by atomic mass is 9.90. The number of likely N-dealkylation sites (tertiary alicyclic amines) is 1. The molecule has 2 aliphatic heterocycles. The molecule has 6 heteroatoms. The van der Waals surface area contributed by atoms with Gasteiger partial charge in [-0.25, -0.2) is 13.6 Å². The fraction of sp³-hybridized carbons (Fsp3) is 0.684. The van der Waals surface area contributed by atoms with Gasteiger partial charge in [0.15, 0.2) is 0 Å². The van der Waals surface area contributed by atoms with Gasteiger partial charge in [0.1, 0.15) is 5.60 Å². The van der Waals surface area contributed by atoms with Gasteiger partial charge < -0.3 is 9.64 Å². The first kappa shape index (κ1) is 18.1. The number of piperidine rings is 1. The van der Waals surface area contributed by atoms with Gasteiger partial charge in [0.25, 0.3) is 5.92 Å². The topological polar surface area (TPSA) is 41.9 Å². The van der Waals surface area contributed by atoms with E-state index in [1.165, 1.54) is 0 Å². The molecule has 1 aliphatic carbocycles. The van der Waals surface area contributed by atoms with Gasteiger partial charge in [0.05, 0.1) is 12.6 Å². The first-order chi connectivity index (χ1) is 11.5. The number of hydrogen-bond acceptors (Lipinski definition) is 3. The van der Waals surface area contributed by atoms with Crippen LogP contribution in [0.2, 0.25) is 0 Å². The van der Waals surface area contributed by atoms with Crippen molar-refractivity contribution in [1.29, 1.82) is 0 Å². The molecule has 2 heterocycles. The zero-order chi connectivity index (χ0) is 18.6. The Morgan fingerprint density at radius 3 is 2.68 bits per heavy atom. The number of halogens is 2. The molecule has 1 amide bonds. The van der Waals surface area contributed by atoms with Gasteiger partial charge >= 0.3 is 6.09 Å². The number of rotatable bonds is 0. The largest absolute Gasteiger partial charge is 0.444 e. The van der Waals surface area contributed by atoms with Crippen LogP contribution in [0.4, 0.5) is 13.6 Å². The van der Waals surface area contributed by atoms with Crippen LogP contribution in [-0.4, -0.2) is 46.9 Å². The van der Waals surface area contributed by atoms with E-state index in [-0.39, 0.29) is 24.6 Å². The number of carbonyl (C=O) groups is 1. The van der Waals surface area contributed by atoms with E-state index < -0.39 is 23.7 Å². The Hall–Kier alpha value is -1.72. The minimum atomic E-state index is -2.90. The molecule has 0 bridgehead atoms. The minimum absolute atomic E-state index is 0.0987. The molecular weight excluding hydrogens is 326 g/mol. The number of amides is 1. The number of ether oxygens (including phenoxy) is 1. The predicted octanol–water partition coefficient (Wildman–Crippen LogP) is 4.51. The lowest BCUT2D eigenvalue weighted by Gasteiger charge is -2.36. The third kappa shape index (κ3) is 3.48. The highest BCUT2D eigenvalue weighted by Gasteiger charge is 2.48. The number of alkyl halides is 2. The maximum absolute atomic E-state index is 14.8. The Kier molecular flexibility index (Phi) is 4.28. The van der Waals surface area contributed by atoms with E-state index >= 15 is 0 Å². The monoisotopic (exact) mass is 352 g/mol. The van der Waals surface area contributed by atoms with Crippen molar-refractivity contribution in [2.24, 2.45) is 4.99 Å². The summed E-state index contributed by atoms with van der Waals surface area (Å²) in [6.45, 7) is 11.3. The molecule has 2 fully saturated rings. The molecular formula is C19H26F2N2O2. The van der Waals surface area contributed by atoms with E-state index in [9.17, 15) is 13.6 Å². The number of hydrogen-bond donors (Lipinski definition) is 0. The summed E-state index contributed by atoms with van der Waals surface area (Å²) >= 11 is 0. The molecule has 2 atom stereocenters. The molecule has 0 aromatic heterocycles. The molecule has 25 heavy (non-hydrogen) atoms. The van der Waals surface area contributed by atoms with Crippen molar-refractivity contribution in [3.05, 3.63) is 23.3 Å². The van der Waals surface area contributed by atoms with E-state index in [1.807, 2.05) is 6.92 Å². The molecule has 138 valence electrons. The van der Waals surface area contributed by atoms with Crippen molar-refractivity contribution >= 4 is 11.8 Å². The quantitative estimate of drug-likeness (QED) is 0.602. The Morgan fingerprint density at radius 1 is 1.36 bits per heavy atom. The summed E-state index contributed by atoms with van der Waals surface area (Å²) in [7, 11) is 0. The predicted molar refractivity (Wildman–Crippen MR) is 93.2 cm³/mol. The standard InChI is InChI=1S/C19H26F2N2O2/c1-11-6-7-19(20,21)16-13-10-23(17(24)25-18(3,4)5)12(2)9-14(13)22-15(16)8-11/h12,15H,1,6-10H2,2-5H3/t12-,15?/m1/s1. The zero-order valence-corrected chi connectivity index (χ0v) is 15.4. The average Bonchev–Trinajstić information content (AvgIpc) is 2.74. The fourth-order valence-corrected chi connectivity index (χ4v) is 3.78. The van der Waals surface area contributed by atoms with Crippen LogP contribution < -0.4 is 0 Å². The Morgan fingerprint density at radius 2 is 2.04 bits per heavy atom. The van der Waals surface area contributed by atoms with E-state index in [2.05, 4.69) is 11.6 Å². The lowest BCUT2D eigenvalue weighted by molar-refractivity contribution is 0.0170. The van der Waals surface area contributed by atoms with E-state index in [4.69, 9.17) is 4.74 Å². The van der Waals surface area contributed by atoms with Crippen LogP contribution in [0.25, 0.3) is 0 Å². The Labute approximate surface area is 147 Å². The zero-order valence-electron chi connectivity index (χ0n) is 15.4. The van der Waals surface area contributed by atoms with Gasteiger partial charge in [0.2, 0.25) is 0 Å². The summed E-state index contributed by atoms with van der Waals surface area (Å²) in [4.78, 5) is 18.6. The van der Waals surface area contributed by atoms with E-state index in [1.54, 1.807) is 25.7 Å². The van der Waals surface area contributed by atoms with Crippen LogP contribution in [0, 0.1) is 0 Å². The SMILES string of the molecule is C=C1CCC(F)(F)C2=C3CN(C(=O)OC(C)(C)C)[C@H](C)CC3=NC2C1. The van der Waals surface area contributed by atoms with Gasteiger partial charge in [-0.2, -0.15) is 0 Å². The molecule has 3 aliphatic rings. The fourth-order valence-electron chi connectivity index (χ4n) is 3.78. The summed E-state index contributed by atoms with van der Waals surface area (Å²) in [6, 6.07) is -0.655. The van der Waals surface area contributed by atoms with Gasteiger partial charge in [-0.3, -0.25) is 4.99 Å². The molecule has 1 saturated carbocycles. The van der Waals surface area contributed by atoms with Crippen LogP contribution in [0.1, 0.15) is 53.4 Å². The van der Waals surface area contributed by atoms with Crippen LogP contribution >= 0.6 is 0 Å². The first-order valence-corrected chi connectivity index (χ1v) is 8.82. The van der Waals surface area contributed by atoms with Crippen molar-refractivity contribution < 1.29 is 18.3 Å². The highest BCUT2D eigenvalue weighted by atomic mass is 19.3. The summed E-state index contributed by atoms with van der Waals surface area (Å²) in [5.41, 5.74) is 1.56. The Balaban J connectivity index is 1.93. The maximum Gasteiger partial charge on any atom is 0.410 e. The lowest BCUT2D eigenvalue weighted by Crippen LogP contribution is -2.48. The maximum atomic E-state index is 14.8. The summed E-state index contributed by atoms with van der Waals surface area (Å²) < 4.78 is 35.0. The second kappa shape index (κ2) is 5.92. The number of aliphatic imine (C=N–C) groups is 1. The first-order valence-electron chi connectivity index (χ1n) is 8.82. The molecule has 3 rings (SSSR count). The average molecular weight is 352 g/mol. The molecule has 0 aromatic carbocycles. The van der Waals surface area contributed by atoms with Gasteiger partial charge in [-0.15, -0.1) is 0 Å². The minimum Gasteiger partial charge on any atom is -0.444 e. The van der Waals surface area contributed by atoms with Crippen molar-refractivity contribution in [3.63, 3.8) is 0 Å². The summed E-state index contributed by atoms with van der Waals surface area (Å²) in [5.74, 6) is -2.90. The molecule has 1 unspecified atom stereocenters. The highest BCUT2D eigenvalue weighted by Crippen LogP contribution is 2.46. The normalized spacial score (nSPS) is 29.0. The van der Waals surface area contributed by atoms with Crippen molar-refractivity contribution in [3.8, 4) is 0 Å². The van der Waals surface area contributed by atoms with Crippen molar-refractivity contribution in [2.45, 2.75) is 77.0 Å². The second-order valence-electron chi connectivity index (χ2n) is 8.30. The molecule has 0 radical (unpaired) electrons. The Bertz CT molecular complexity index is 673. The van der Waals surface area contributed by atoms with E-state index in [0.29, 0.717) is 24.8 Å². The summed E-state index contributed by atoms with van der Waals surface area (Å²) in [6.07, 6.45) is 0.580. The van der Waals surface area contributed by atoms with Crippen LogP contribution in [-0.2, 0) is 4.74 Å². The molecule has 0 aromatic rings. The molecule has 0 N–H and O–H groups in total. The van der Waals surface area contributed by atoms with Gasteiger partial charge in [-0.1, -0.05) is 12.2 Å². The van der Waals surface area contributed by atoms with Crippen LogP contribution in [0.15, 0.2) is 28.3 Å². The summed E-state index contributed by atoms with van der Waals surface area (Å²) in [5, 5.41) is 0. The molecule has 1 saturated heterocycles. The van der Waals surface area contributed by atoms with Crippen LogP contribution in [0.3, 0.4) is 0 Å². The number of carbonyl (C=O) groups excluding carboxylic acids is 1. The van der Waals surface area contributed by atoms with E-state index in [0.717, 1.165) is 11.3 Å². The molecule has 0 spiro atoms. The smallest absolute Gasteiger partial charge is 0.410 e. The number of fused-ring (bicyclic) bond motifs is 2. The molecule has 4 nitrogen and oxygen atoms in total. The highest BCUT2D eigenvalue weighted by molar-refractivity contribution is 6.05. The van der Waals surface area contributed by atoms with Gasteiger partial charge in [-0.05, 0) is 40.5 Å². The number of nitrogens with zero attached hydrogens (tertiary/aromatic N) is 2. The van der Waals surface area contributed by atoms with Crippen LogP contribution in [0.5, 0.6) is 0 Å². The third-order valence-electron chi connectivity index (χ3n) is 4.96. The second-order valence-corrected chi connectivity index (χ2v) is 8.30. The van der Waals surface area contributed by atoms with Crippen molar-refractivity contribution in [1.82, 2.24) is 4.90 Å².